The van der Waals surface area contributed by atoms with Crippen LogP contribution >= 0.6 is 0 Å². The number of allylic oxidation sites excluding steroid dienone is 1. The fraction of sp³-hybridized carbons (Fsp3) is 0.259. The molecule has 0 unspecified atom stereocenters. The number of nitrogens with one attached hydrogen (secondary N) is 4. The van der Waals surface area contributed by atoms with E-state index in [1.165, 1.54) is 31.1 Å². The average Bonchev–Trinajstić information content (AvgIpc) is 3.52. The number of hydrogen-bond acceptors (Lipinski definition) is 7. The Morgan fingerprint density at radius 2 is 1.71 bits per heavy atom. The number of methoxy groups -OCH3 is 1. The van der Waals surface area contributed by atoms with Gasteiger partial charge < -0.3 is 24.5 Å². The third-order valence-corrected chi connectivity index (χ3v) is 7.30. The molecular formula is C27H31N5O5S. The Labute approximate surface area is 222 Å². The van der Waals surface area contributed by atoms with Gasteiger partial charge in [-0.3, -0.25) is 5.32 Å². The molecule has 2 aromatic carbocycles. The van der Waals surface area contributed by atoms with Gasteiger partial charge in [0.25, 0.3) is 0 Å². The van der Waals surface area contributed by atoms with Gasteiger partial charge in [-0.05, 0) is 80.4 Å². The Kier molecular flexibility index (Phi) is 8.37. The van der Waals surface area contributed by atoms with E-state index in [9.17, 15) is 13.2 Å². The van der Waals surface area contributed by atoms with Crippen molar-refractivity contribution in [1.29, 1.82) is 0 Å². The molecule has 0 aliphatic heterocycles. The Morgan fingerprint density at radius 1 is 1.05 bits per heavy atom. The van der Waals surface area contributed by atoms with Gasteiger partial charge in [0.05, 0.1) is 12.8 Å². The third-order valence-electron chi connectivity index (χ3n) is 6.01. The number of ether oxygens (including phenoxy) is 1. The van der Waals surface area contributed by atoms with Crippen LogP contribution in [-0.4, -0.2) is 37.6 Å². The molecule has 4 N–H and O–H groups in total. The first kappa shape index (κ1) is 26.8. The van der Waals surface area contributed by atoms with Crippen LogP contribution in [0, 0.1) is 6.92 Å². The summed E-state index contributed by atoms with van der Waals surface area (Å²) in [5, 5.41) is 8.74. The lowest BCUT2D eigenvalue weighted by Gasteiger charge is -2.14. The summed E-state index contributed by atoms with van der Waals surface area (Å²) < 4.78 is 35.6. The predicted molar refractivity (Wildman–Crippen MR) is 148 cm³/mol. The van der Waals surface area contributed by atoms with Gasteiger partial charge in [-0.2, -0.15) is 8.42 Å². The van der Waals surface area contributed by atoms with Gasteiger partial charge in [0, 0.05) is 23.1 Å². The number of aryl methyl sites for hydroxylation is 1. The minimum absolute atomic E-state index is 0.0364. The van der Waals surface area contributed by atoms with Crippen LogP contribution in [0.2, 0.25) is 0 Å². The fourth-order valence-corrected chi connectivity index (χ4v) is 4.95. The number of aromatic nitrogens is 2. The molecule has 4 rings (SSSR count). The molecule has 1 aliphatic rings. The maximum absolute atomic E-state index is 12.7. The first-order valence-corrected chi connectivity index (χ1v) is 13.6. The molecule has 3 aromatic rings. The van der Waals surface area contributed by atoms with Gasteiger partial charge in [-0.1, -0.05) is 19.4 Å². The van der Waals surface area contributed by atoms with Crippen molar-refractivity contribution in [3.05, 3.63) is 78.3 Å². The molecule has 11 heteroatoms. The Hall–Kier alpha value is -4.25. The molecular weight excluding hydrogens is 506 g/mol. The molecule has 0 saturated heterocycles. The highest BCUT2D eigenvalue weighted by Crippen LogP contribution is 2.24. The topological polar surface area (TPSA) is 134 Å². The minimum atomic E-state index is -4.04. The molecule has 0 radical (unpaired) electrons. The van der Waals surface area contributed by atoms with Crippen molar-refractivity contribution in [1.82, 2.24) is 9.97 Å². The van der Waals surface area contributed by atoms with E-state index in [0.29, 0.717) is 28.9 Å². The van der Waals surface area contributed by atoms with Crippen LogP contribution in [0.3, 0.4) is 0 Å². The van der Waals surface area contributed by atoms with Crippen molar-refractivity contribution in [2.75, 3.05) is 23.1 Å². The maximum atomic E-state index is 12.7. The molecule has 1 fully saturated rings. The van der Waals surface area contributed by atoms with Crippen LogP contribution in [0.15, 0.2) is 71.8 Å². The van der Waals surface area contributed by atoms with Crippen molar-refractivity contribution in [3.8, 4) is 5.75 Å². The van der Waals surface area contributed by atoms with E-state index >= 15 is 0 Å². The van der Waals surface area contributed by atoms with E-state index in [2.05, 4.69) is 32.5 Å². The number of nitrogens with zero attached hydrogens (tertiary/aromatic N) is 1. The Balaban J connectivity index is 1.31. The SMILES string of the molecule is C=C(/C=C\c1nc(NC(=O)Nc2ccc(OC)cc2)[nH]c1C)OS(=O)(=O)c1ccc(NC2CCCC2)cc1. The highest BCUT2D eigenvalue weighted by Gasteiger charge is 2.18. The molecule has 1 heterocycles. The van der Waals surface area contributed by atoms with E-state index in [0.717, 1.165) is 18.5 Å². The van der Waals surface area contributed by atoms with Crippen LogP contribution < -0.4 is 20.7 Å². The first-order valence-electron chi connectivity index (χ1n) is 12.2. The summed E-state index contributed by atoms with van der Waals surface area (Å²) in [4.78, 5) is 19.6. The van der Waals surface area contributed by atoms with E-state index in [4.69, 9.17) is 8.92 Å². The van der Waals surface area contributed by atoms with E-state index in [1.54, 1.807) is 56.5 Å². The molecule has 38 heavy (non-hydrogen) atoms. The maximum Gasteiger partial charge on any atom is 0.339 e. The number of amides is 2. The van der Waals surface area contributed by atoms with Gasteiger partial charge in [0.2, 0.25) is 5.95 Å². The standard InChI is InChI=1S/C27H31N5O5S/c1-18(37-38(34,35)24-15-11-21(12-16-24)29-20-6-4-5-7-20)8-17-25-19(2)28-26(31-25)32-27(33)30-22-9-13-23(36-3)14-10-22/h8-17,20,29H,1,4-7H2,2-3H3,(H3,28,30,31,32,33)/b17-8-. The number of rotatable bonds is 10. The fourth-order valence-electron chi connectivity index (χ4n) is 4.05. The summed E-state index contributed by atoms with van der Waals surface area (Å²) in [6.07, 6.45) is 7.62. The predicted octanol–water partition coefficient (Wildman–Crippen LogP) is 5.66. The summed E-state index contributed by atoms with van der Waals surface area (Å²) in [6.45, 7) is 5.45. The lowest BCUT2D eigenvalue weighted by atomic mass is 10.2. The lowest BCUT2D eigenvalue weighted by Crippen LogP contribution is -2.20. The van der Waals surface area contributed by atoms with Crippen LogP contribution in [0.1, 0.15) is 37.1 Å². The van der Waals surface area contributed by atoms with Gasteiger partial charge in [0.15, 0.2) is 0 Å². The smallest absolute Gasteiger partial charge is 0.339 e. The van der Waals surface area contributed by atoms with E-state index in [-0.39, 0.29) is 16.6 Å². The van der Waals surface area contributed by atoms with Gasteiger partial charge in [-0.15, -0.1) is 0 Å². The van der Waals surface area contributed by atoms with E-state index in [1.807, 2.05) is 0 Å². The van der Waals surface area contributed by atoms with Crippen molar-refractivity contribution in [2.24, 2.45) is 0 Å². The van der Waals surface area contributed by atoms with Crippen LogP contribution in [0.25, 0.3) is 6.08 Å². The first-order chi connectivity index (χ1) is 18.2. The number of carbonyl (C=O) groups is 1. The number of hydrogen-bond donors (Lipinski definition) is 4. The number of benzene rings is 2. The molecule has 200 valence electrons. The largest absolute Gasteiger partial charge is 0.497 e. The zero-order valence-electron chi connectivity index (χ0n) is 21.3. The summed E-state index contributed by atoms with van der Waals surface area (Å²) in [6, 6.07) is 13.3. The minimum Gasteiger partial charge on any atom is -0.497 e. The van der Waals surface area contributed by atoms with Gasteiger partial charge in [-0.25, -0.2) is 9.78 Å². The van der Waals surface area contributed by atoms with Crippen LogP contribution in [-0.2, 0) is 14.3 Å². The van der Waals surface area contributed by atoms with Crippen molar-refractivity contribution in [2.45, 2.75) is 43.5 Å². The van der Waals surface area contributed by atoms with Crippen LogP contribution in [0.4, 0.5) is 22.1 Å². The molecule has 1 saturated carbocycles. The molecule has 0 atom stereocenters. The van der Waals surface area contributed by atoms with Crippen molar-refractivity contribution in [3.63, 3.8) is 0 Å². The highest BCUT2D eigenvalue weighted by atomic mass is 32.2. The van der Waals surface area contributed by atoms with Crippen LogP contribution in [0.5, 0.6) is 5.75 Å². The normalized spacial score (nSPS) is 13.8. The summed E-state index contributed by atoms with van der Waals surface area (Å²) in [7, 11) is -2.48. The van der Waals surface area contributed by atoms with Gasteiger partial charge >= 0.3 is 16.1 Å². The monoisotopic (exact) mass is 537 g/mol. The quantitative estimate of drug-likeness (QED) is 0.149. The average molecular weight is 538 g/mol. The number of urea groups is 1. The zero-order chi connectivity index (χ0) is 27.1. The third kappa shape index (κ3) is 7.16. The molecule has 2 amide bonds. The zero-order valence-corrected chi connectivity index (χ0v) is 22.1. The molecule has 1 aromatic heterocycles. The lowest BCUT2D eigenvalue weighted by molar-refractivity contribution is 0.262. The number of imidazole rings is 1. The second-order valence-corrected chi connectivity index (χ2v) is 10.4. The second kappa shape index (κ2) is 11.9. The van der Waals surface area contributed by atoms with Crippen molar-refractivity contribution >= 4 is 39.5 Å². The van der Waals surface area contributed by atoms with Gasteiger partial charge in [0.1, 0.15) is 16.4 Å². The highest BCUT2D eigenvalue weighted by molar-refractivity contribution is 7.86. The summed E-state index contributed by atoms with van der Waals surface area (Å²) >= 11 is 0. The Bertz CT molecular complexity index is 1410. The molecule has 0 spiro atoms. The summed E-state index contributed by atoms with van der Waals surface area (Å²) in [5.74, 6) is 0.822. The Morgan fingerprint density at radius 3 is 2.37 bits per heavy atom. The molecule has 1 aliphatic carbocycles. The molecule has 0 bridgehead atoms. The number of aromatic amines is 1. The second-order valence-electron chi connectivity index (χ2n) is 8.89. The molecule has 10 nitrogen and oxygen atoms in total. The number of carbonyl (C=O) groups excluding carboxylic acids is 1. The van der Waals surface area contributed by atoms with Crippen molar-refractivity contribution < 1.29 is 22.1 Å². The number of H-pyrrole nitrogens is 1. The number of anilines is 3. The van der Waals surface area contributed by atoms with E-state index < -0.39 is 16.1 Å². The summed E-state index contributed by atoms with van der Waals surface area (Å²) in [5.41, 5.74) is 2.60.